The van der Waals surface area contributed by atoms with E-state index in [-0.39, 0.29) is 18.9 Å². The second-order valence-electron chi connectivity index (χ2n) is 7.36. The van der Waals surface area contributed by atoms with Gasteiger partial charge in [0, 0.05) is 43.7 Å². The summed E-state index contributed by atoms with van der Waals surface area (Å²) in [5.74, 6) is -0.408. The second kappa shape index (κ2) is 7.42. The summed E-state index contributed by atoms with van der Waals surface area (Å²) in [6.07, 6.45) is 0.741. The Hall–Kier alpha value is -2.22. The Morgan fingerprint density at radius 2 is 1.93 bits per heavy atom. The summed E-state index contributed by atoms with van der Waals surface area (Å²) in [5, 5.41) is 3.36. The molecule has 2 aromatic rings. The van der Waals surface area contributed by atoms with E-state index in [9.17, 15) is 8.78 Å². The molecule has 0 aromatic carbocycles. The Bertz CT molecular complexity index is 778. The van der Waals surface area contributed by atoms with Gasteiger partial charge < -0.3 is 19.9 Å². The van der Waals surface area contributed by atoms with Gasteiger partial charge in [0.15, 0.2) is 5.82 Å². The molecule has 2 fully saturated rings. The van der Waals surface area contributed by atoms with E-state index in [0.29, 0.717) is 37.7 Å². The average molecular weight is 377 g/mol. The van der Waals surface area contributed by atoms with E-state index in [1.54, 1.807) is 0 Å². The Kier molecular flexibility index (Phi) is 4.99. The van der Waals surface area contributed by atoms with E-state index in [0.717, 1.165) is 30.3 Å². The number of nitrogens with one attached hydrogen (secondary N) is 2. The smallest absolute Gasteiger partial charge is 0.248 e. The van der Waals surface area contributed by atoms with Gasteiger partial charge >= 0.3 is 0 Å². The van der Waals surface area contributed by atoms with Crippen LogP contribution >= 0.6 is 0 Å². The molecule has 1 aliphatic heterocycles. The number of nitrogens with zero attached hydrogens (tertiary/aromatic N) is 3. The van der Waals surface area contributed by atoms with Gasteiger partial charge in [-0.2, -0.15) is 0 Å². The van der Waals surface area contributed by atoms with Gasteiger partial charge in [0.05, 0.1) is 18.9 Å². The number of aromatic amines is 1. The normalized spacial score (nSPS) is 20.6. The standard InChI is InChI=1S/C19H25F2N5O/c1-13-2-3-15(22-13)18-24-16(23-14-4-6-19(20,21)7-5-14)12-17(25-18)26-8-10-27-11-9-26/h2-3,12,14,22H,4-11H2,1H3,(H,23,24,25). The van der Waals surface area contributed by atoms with Crippen molar-refractivity contribution >= 4 is 11.6 Å². The number of hydrogen-bond donors (Lipinski definition) is 2. The molecule has 3 heterocycles. The number of anilines is 2. The fraction of sp³-hybridized carbons (Fsp3) is 0.579. The van der Waals surface area contributed by atoms with Gasteiger partial charge in [-0.15, -0.1) is 0 Å². The topological polar surface area (TPSA) is 66.1 Å². The van der Waals surface area contributed by atoms with Gasteiger partial charge in [-0.25, -0.2) is 18.7 Å². The maximum atomic E-state index is 13.4. The third-order valence-corrected chi connectivity index (χ3v) is 5.19. The first-order chi connectivity index (χ1) is 13.0. The minimum Gasteiger partial charge on any atom is -0.378 e. The molecule has 0 radical (unpaired) electrons. The zero-order valence-electron chi connectivity index (χ0n) is 15.5. The van der Waals surface area contributed by atoms with Crippen molar-refractivity contribution in [1.82, 2.24) is 15.0 Å². The molecule has 4 rings (SSSR count). The number of alkyl halides is 2. The number of aromatic nitrogens is 3. The van der Waals surface area contributed by atoms with Crippen LogP contribution in [0.25, 0.3) is 11.5 Å². The van der Waals surface area contributed by atoms with Crippen molar-refractivity contribution in [2.45, 2.75) is 44.6 Å². The molecule has 2 aromatic heterocycles. The predicted molar refractivity (Wildman–Crippen MR) is 100 cm³/mol. The number of morpholine rings is 1. The molecule has 1 aliphatic carbocycles. The summed E-state index contributed by atoms with van der Waals surface area (Å²) in [6.45, 7) is 4.87. The zero-order valence-corrected chi connectivity index (χ0v) is 15.5. The Balaban J connectivity index is 1.59. The molecule has 2 N–H and O–H groups in total. The van der Waals surface area contributed by atoms with Gasteiger partial charge in [-0.05, 0) is 31.9 Å². The molecule has 146 valence electrons. The van der Waals surface area contributed by atoms with Gasteiger partial charge in [-0.1, -0.05) is 0 Å². The van der Waals surface area contributed by atoms with E-state index in [1.165, 1.54) is 0 Å². The molecular formula is C19H25F2N5O. The Morgan fingerprint density at radius 1 is 1.19 bits per heavy atom. The summed E-state index contributed by atoms with van der Waals surface area (Å²) in [5.41, 5.74) is 1.88. The van der Waals surface area contributed by atoms with Crippen LogP contribution in [-0.4, -0.2) is 53.2 Å². The monoisotopic (exact) mass is 377 g/mol. The Labute approximate surface area is 157 Å². The molecule has 27 heavy (non-hydrogen) atoms. The second-order valence-corrected chi connectivity index (χ2v) is 7.36. The number of halogens is 2. The van der Waals surface area contributed by atoms with Gasteiger partial charge in [0.1, 0.15) is 11.6 Å². The van der Waals surface area contributed by atoms with Gasteiger partial charge in [-0.3, -0.25) is 0 Å². The average Bonchev–Trinajstić information content (AvgIpc) is 3.10. The van der Waals surface area contributed by atoms with E-state index < -0.39 is 5.92 Å². The van der Waals surface area contributed by atoms with E-state index in [4.69, 9.17) is 9.72 Å². The lowest BCUT2D eigenvalue weighted by molar-refractivity contribution is -0.0361. The molecule has 1 saturated carbocycles. The highest BCUT2D eigenvalue weighted by molar-refractivity contribution is 5.60. The molecule has 2 aliphatic rings. The van der Waals surface area contributed by atoms with Crippen molar-refractivity contribution in [3.05, 3.63) is 23.9 Å². The number of rotatable bonds is 4. The molecule has 0 atom stereocenters. The maximum Gasteiger partial charge on any atom is 0.248 e. The van der Waals surface area contributed by atoms with E-state index in [2.05, 4.69) is 20.2 Å². The first-order valence-corrected chi connectivity index (χ1v) is 9.51. The van der Waals surface area contributed by atoms with Crippen LogP contribution in [-0.2, 0) is 4.74 Å². The zero-order chi connectivity index (χ0) is 18.9. The number of H-pyrrole nitrogens is 1. The first-order valence-electron chi connectivity index (χ1n) is 9.51. The summed E-state index contributed by atoms with van der Waals surface area (Å²) < 4.78 is 32.3. The maximum absolute atomic E-state index is 13.4. The van der Waals surface area contributed by atoms with Crippen molar-refractivity contribution in [2.24, 2.45) is 0 Å². The first kappa shape index (κ1) is 18.2. The third-order valence-electron chi connectivity index (χ3n) is 5.19. The van der Waals surface area contributed by atoms with Crippen molar-refractivity contribution in [1.29, 1.82) is 0 Å². The van der Waals surface area contributed by atoms with Crippen LogP contribution in [0.5, 0.6) is 0 Å². The summed E-state index contributed by atoms with van der Waals surface area (Å²) in [4.78, 5) is 14.8. The highest BCUT2D eigenvalue weighted by Gasteiger charge is 2.35. The fourth-order valence-electron chi connectivity index (χ4n) is 3.61. The lowest BCUT2D eigenvalue weighted by atomic mass is 9.92. The highest BCUT2D eigenvalue weighted by Crippen LogP contribution is 2.34. The molecule has 0 amide bonds. The molecule has 1 saturated heterocycles. The molecular weight excluding hydrogens is 352 g/mol. The molecule has 0 bridgehead atoms. The number of hydrogen-bond acceptors (Lipinski definition) is 5. The molecule has 6 nitrogen and oxygen atoms in total. The van der Waals surface area contributed by atoms with E-state index >= 15 is 0 Å². The van der Waals surface area contributed by atoms with Crippen molar-refractivity contribution in [3.63, 3.8) is 0 Å². The van der Waals surface area contributed by atoms with Gasteiger partial charge in [0.25, 0.3) is 0 Å². The van der Waals surface area contributed by atoms with Gasteiger partial charge in [0.2, 0.25) is 5.92 Å². The quantitative estimate of drug-likeness (QED) is 0.852. The minimum absolute atomic E-state index is 0.00953. The third kappa shape index (κ3) is 4.37. The van der Waals surface area contributed by atoms with Crippen molar-refractivity contribution in [3.8, 4) is 11.5 Å². The van der Waals surface area contributed by atoms with Crippen LogP contribution in [0, 0.1) is 6.92 Å². The van der Waals surface area contributed by atoms with Crippen LogP contribution in [0.1, 0.15) is 31.4 Å². The van der Waals surface area contributed by atoms with Crippen LogP contribution in [0.3, 0.4) is 0 Å². The van der Waals surface area contributed by atoms with Crippen LogP contribution in [0.15, 0.2) is 18.2 Å². The molecule has 0 spiro atoms. The van der Waals surface area contributed by atoms with Crippen molar-refractivity contribution < 1.29 is 13.5 Å². The van der Waals surface area contributed by atoms with Crippen LogP contribution < -0.4 is 10.2 Å². The number of ether oxygens (including phenoxy) is 1. The summed E-state index contributed by atoms with van der Waals surface area (Å²) >= 11 is 0. The van der Waals surface area contributed by atoms with Crippen LogP contribution in [0.4, 0.5) is 20.4 Å². The lowest BCUT2D eigenvalue weighted by Crippen LogP contribution is -2.37. The van der Waals surface area contributed by atoms with Crippen LogP contribution in [0.2, 0.25) is 0 Å². The van der Waals surface area contributed by atoms with Crippen molar-refractivity contribution in [2.75, 3.05) is 36.5 Å². The Morgan fingerprint density at radius 3 is 2.59 bits per heavy atom. The van der Waals surface area contributed by atoms with E-state index in [1.807, 2.05) is 25.1 Å². The highest BCUT2D eigenvalue weighted by atomic mass is 19.3. The largest absolute Gasteiger partial charge is 0.378 e. The fourth-order valence-corrected chi connectivity index (χ4v) is 3.61. The number of aryl methyl sites for hydroxylation is 1. The lowest BCUT2D eigenvalue weighted by Gasteiger charge is -2.30. The molecule has 0 unspecified atom stereocenters. The SMILES string of the molecule is Cc1ccc(-c2nc(NC3CCC(F)(F)CC3)cc(N3CCOCC3)n2)[nH]1. The summed E-state index contributed by atoms with van der Waals surface area (Å²) in [7, 11) is 0. The summed E-state index contributed by atoms with van der Waals surface area (Å²) in [6, 6.07) is 5.86. The molecule has 8 heteroatoms. The predicted octanol–water partition coefficient (Wildman–Crippen LogP) is 3.61. The minimum atomic E-state index is -2.53.